The minimum atomic E-state index is 0.0642. The molecule has 0 radical (unpaired) electrons. The third-order valence-electron chi connectivity index (χ3n) is 2.66. The van der Waals surface area contributed by atoms with Gasteiger partial charge in [-0.3, -0.25) is 9.59 Å². The number of nitrogens with zero attached hydrogens (tertiary/aromatic N) is 2. The van der Waals surface area contributed by atoms with E-state index in [1.165, 1.54) is 0 Å². The van der Waals surface area contributed by atoms with Crippen LogP contribution < -0.4 is 5.32 Å². The smallest absolute Gasteiger partial charge is 0.220 e. The molecule has 0 aliphatic heterocycles. The topological polar surface area (TPSA) is 52.7 Å². The van der Waals surface area contributed by atoms with Gasteiger partial charge in [0.1, 0.15) is 0 Å². The first kappa shape index (κ1) is 16.9. The maximum atomic E-state index is 11.4. The Morgan fingerprint density at radius 3 is 2.28 bits per heavy atom. The predicted octanol–water partition coefficient (Wildman–Crippen LogP) is 0.703. The number of hydrogen-bond acceptors (Lipinski definition) is 3. The van der Waals surface area contributed by atoms with Crippen LogP contribution in [0, 0.1) is 0 Å². The van der Waals surface area contributed by atoms with Crippen LogP contribution in [0.3, 0.4) is 0 Å². The van der Waals surface area contributed by atoms with E-state index in [0.717, 1.165) is 25.9 Å². The molecule has 0 rings (SSSR count). The Kier molecular flexibility index (Phi) is 9.28. The molecule has 5 heteroatoms. The first-order valence-electron chi connectivity index (χ1n) is 6.64. The van der Waals surface area contributed by atoms with E-state index in [1.54, 1.807) is 11.8 Å². The van der Waals surface area contributed by atoms with Crippen LogP contribution in [0.5, 0.6) is 0 Å². The van der Waals surface area contributed by atoms with E-state index in [4.69, 9.17) is 0 Å². The molecule has 18 heavy (non-hydrogen) atoms. The summed E-state index contributed by atoms with van der Waals surface area (Å²) in [5.74, 6) is 0.132. The fourth-order valence-electron chi connectivity index (χ4n) is 1.65. The molecule has 0 aliphatic rings. The van der Waals surface area contributed by atoms with E-state index in [1.807, 2.05) is 21.0 Å². The molecule has 0 aromatic carbocycles. The molecule has 0 aliphatic carbocycles. The lowest BCUT2D eigenvalue weighted by Crippen LogP contribution is -2.38. The second kappa shape index (κ2) is 9.88. The van der Waals surface area contributed by atoms with Crippen LogP contribution in [-0.4, -0.2) is 61.9 Å². The van der Waals surface area contributed by atoms with E-state index in [9.17, 15) is 9.59 Å². The largest absolute Gasteiger partial charge is 0.354 e. The Balaban J connectivity index is 3.83. The summed E-state index contributed by atoms with van der Waals surface area (Å²) in [5.41, 5.74) is 0. The van der Waals surface area contributed by atoms with Gasteiger partial charge in [-0.25, -0.2) is 0 Å². The molecular weight excluding hydrogens is 230 g/mol. The minimum absolute atomic E-state index is 0.0642. The summed E-state index contributed by atoms with van der Waals surface area (Å²) in [6.07, 6.45) is 2.36. The van der Waals surface area contributed by atoms with E-state index in [-0.39, 0.29) is 11.8 Å². The van der Waals surface area contributed by atoms with Crippen LogP contribution in [0.1, 0.15) is 33.1 Å². The van der Waals surface area contributed by atoms with Crippen LogP contribution in [0.15, 0.2) is 0 Å². The molecule has 0 atom stereocenters. The lowest BCUT2D eigenvalue weighted by molar-refractivity contribution is -0.129. The number of amides is 2. The van der Waals surface area contributed by atoms with Gasteiger partial charge < -0.3 is 15.1 Å². The van der Waals surface area contributed by atoms with Gasteiger partial charge in [0.15, 0.2) is 0 Å². The van der Waals surface area contributed by atoms with Gasteiger partial charge in [-0.05, 0) is 33.5 Å². The monoisotopic (exact) mass is 257 g/mol. The molecule has 0 saturated carbocycles. The van der Waals surface area contributed by atoms with Crippen molar-refractivity contribution in [2.24, 2.45) is 0 Å². The molecule has 0 unspecified atom stereocenters. The number of carbonyl (C=O) groups is 2. The van der Waals surface area contributed by atoms with Crippen molar-refractivity contribution in [3.63, 3.8) is 0 Å². The Bertz CT molecular complexity index is 255. The normalized spacial score (nSPS) is 10.5. The SMILES string of the molecule is CCCC(=O)NCCN(CCCN(C)C)C(C)=O. The van der Waals surface area contributed by atoms with Gasteiger partial charge in [-0.15, -0.1) is 0 Å². The van der Waals surface area contributed by atoms with Crippen molar-refractivity contribution in [2.45, 2.75) is 33.1 Å². The quantitative estimate of drug-likeness (QED) is 0.661. The van der Waals surface area contributed by atoms with Crippen molar-refractivity contribution in [1.82, 2.24) is 15.1 Å². The van der Waals surface area contributed by atoms with Gasteiger partial charge in [0, 0.05) is 33.0 Å². The van der Waals surface area contributed by atoms with E-state index in [2.05, 4.69) is 10.2 Å². The lowest BCUT2D eigenvalue weighted by atomic mass is 10.3. The minimum Gasteiger partial charge on any atom is -0.354 e. The summed E-state index contributed by atoms with van der Waals surface area (Å²) in [5, 5.41) is 2.82. The second-order valence-corrected chi connectivity index (χ2v) is 4.76. The molecule has 0 spiro atoms. The predicted molar refractivity (Wildman–Crippen MR) is 73.3 cm³/mol. The average molecular weight is 257 g/mol. The maximum Gasteiger partial charge on any atom is 0.220 e. The van der Waals surface area contributed by atoms with Crippen LogP contribution in [-0.2, 0) is 9.59 Å². The number of carbonyl (C=O) groups excluding carboxylic acids is 2. The number of rotatable bonds is 9. The molecule has 5 nitrogen and oxygen atoms in total. The summed E-state index contributed by atoms with van der Waals surface area (Å²) in [4.78, 5) is 26.6. The molecule has 0 aromatic heterocycles. The highest BCUT2D eigenvalue weighted by Crippen LogP contribution is 1.94. The highest BCUT2D eigenvalue weighted by Gasteiger charge is 2.08. The third kappa shape index (κ3) is 8.98. The first-order chi connectivity index (χ1) is 8.47. The fourth-order valence-corrected chi connectivity index (χ4v) is 1.65. The van der Waals surface area contributed by atoms with Crippen molar-refractivity contribution < 1.29 is 9.59 Å². The third-order valence-corrected chi connectivity index (χ3v) is 2.66. The highest BCUT2D eigenvalue weighted by molar-refractivity contribution is 5.76. The molecule has 106 valence electrons. The van der Waals surface area contributed by atoms with E-state index >= 15 is 0 Å². The summed E-state index contributed by atoms with van der Waals surface area (Å²) in [7, 11) is 4.03. The van der Waals surface area contributed by atoms with Gasteiger partial charge in [0.25, 0.3) is 0 Å². The van der Waals surface area contributed by atoms with Crippen LogP contribution in [0.4, 0.5) is 0 Å². The van der Waals surface area contributed by atoms with Gasteiger partial charge >= 0.3 is 0 Å². The fraction of sp³-hybridized carbons (Fsp3) is 0.846. The van der Waals surface area contributed by atoms with Crippen LogP contribution >= 0.6 is 0 Å². The average Bonchev–Trinajstić information content (AvgIpc) is 2.26. The first-order valence-corrected chi connectivity index (χ1v) is 6.64. The molecule has 2 amide bonds. The van der Waals surface area contributed by atoms with Crippen molar-refractivity contribution >= 4 is 11.8 Å². The standard InChI is InChI=1S/C13H27N3O2/c1-5-7-13(18)14-8-11-16(12(2)17)10-6-9-15(3)4/h5-11H2,1-4H3,(H,14,18). The molecule has 1 N–H and O–H groups in total. The summed E-state index contributed by atoms with van der Waals surface area (Å²) in [6, 6.07) is 0. The zero-order valence-corrected chi connectivity index (χ0v) is 12.2. The number of nitrogens with one attached hydrogen (secondary N) is 1. The number of hydrogen-bond donors (Lipinski definition) is 1. The molecule has 0 aromatic rings. The van der Waals surface area contributed by atoms with Crippen LogP contribution in [0.2, 0.25) is 0 Å². The van der Waals surface area contributed by atoms with Crippen molar-refractivity contribution in [1.29, 1.82) is 0 Å². The molecule has 0 fully saturated rings. The van der Waals surface area contributed by atoms with Gasteiger partial charge in [0.2, 0.25) is 11.8 Å². The van der Waals surface area contributed by atoms with Crippen molar-refractivity contribution in [3.05, 3.63) is 0 Å². The zero-order chi connectivity index (χ0) is 14.0. The van der Waals surface area contributed by atoms with Crippen molar-refractivity contribution in [3.8, 4) is 0 Å². The Labute approximate surface area is 111 Å². The second-order valence-electron chi connectivity index (χ2n) is 4.76. The van der Waals surface area contributed by atoms with E-state index < -0.39 is 0 Å². The lowest BCUT2D eigenvalue weighted by Gasteiger charge is -2.22. The summed E-state index contributed by atoms with van der Waals surface area (Å²) >= 11 is 0. The Morgan fingerprint density at radius 1 is 1.11 bits per heavy atom. The van der Waals surface area contributed by atoms with Crippen LogP contribution in [0.25, 0.3) is 0 Å². The van der Waals surface area contributed by atoms with Crippen molar-refractivity contribution in [2.75, 3.05) is 40.3 Å². The molecule has 0 heterocycles. The maximum absolute atomic E-state index is 11.4. The Hall–Kier alpha value is -1.10. The van der Waals surface area contributed by atoms with Gasteiger partial charge in [-0.2, -0.15) is 0 Å². The molecule has 0 bridgehead atoms. The Morgan fingerprint density at radius 2 is 1.78 bits per heavy atom. The summed E-state index contributed by atoms with van der Waals surface area (Å²) < 4.78 is 0. The summed E-state index contributed by atoms with van der Waals surface area (Å²) in [6.45, 7) is 6.40. The zero-order valence-electron chi connectivity index (χ0n) is 12.2. The molecular formula is C13H27N3O2. The molecule has 0 saturated heterocycles. The van der Waals surface area contributed by atoms with Gasteiger partial charge in [0.05, 0.1) is 0 Å². The van der Waals surface area contributed by atoms with E-state index in [0.29, 0.717) is 19.5 Å². The van der Waals surface area contributed by atoms with Gasteiger partial charge in [-0.1, -0.05) is 6.92 Å². The highest BCUT2D eigenvalue weighted by atomic mass is 16.2.